The van der Waals surface area contributed by atoms with Crippen molar-refractivity contribution >= 4 is 0 Å². The van der Waals surface area contributed by atoms with Gasteiger partial charge in [0, 0.05) is 7.11 Å². The molecule has 4 atom stereocenters. The summed E-state index contributed by atoms with van der Waals surface area (Å²) in [6.45, 7) is 3.95. The third-order valence-corrected chi connectivity index (χ3v) is 2.45. The summed E-state index contributed by atoms with van der Waals surface area (Å²) in [4.78, 5) is 0. The standard InChI is InChI=1S/C9H16O5/c1-9(2)13-7-6(10)5(4-11-3)12-8(7)14-9/h5-8,10H,4H2,1-3H3/t5-,6-,7-,8-/m1/s1. The Kier molecular flexibility index (Phi) is 2.53. The molecule has 0 aliphatic carbocycles. The average Bonchev–Trinajstić information content (AvgIpc) is 2.50. The molecule has 0 unspecified atom stereocenters. The average molecular weight is 204 g/mol. The minimum absolute atomic E-state index is 0.349. The van der Waals surface area contributed by atoms with E-state index in [1.807, 2.05) is 0 Å². The molecule has 0 amide bonds. The van der Waals surface area contributed by atoms with Crippen molar-refractivity contribution in [1.82, 2.24) is 0 Å². The molecule has 0 aromatic rings. The predicted octanol–water partition coefficient (Wildman–Crippen LogP) is -0.130. The van der Waals surface area contributed by atoms with Crippen molar-refractivity contribution in [2.24, 2.45) is 0 Å². The summed E-state index contributed by atoms with van der Waals surface area (Å²) in [6.07, 6.45) is -1.90. The smallest absolute Gasteiger partial charge is 0.190 e. The van der Waals surface area contributed by atoms with Crippen LogP contribution in [-0.2, 0) is 18.9 Å². The van der Waals surface area contributed by atoms with E-state index < -0.39 is 24.3 Å². The largest absolute Gasteiger partial charge is 0.387 e. The number of aliphatic hydroxyl groups excluding tert-OH is 1. The van der Waals surface area contributed by atoms with Gasteiger partial charge in [-0.05, 0) is 13.8 Å². The number of ether oxygens (including phenoxy) is 4. The molecule has 2 rings (SSSR count). The molecule has 2 aliphatic heterocycles. The van der Waals surface area contributed by atoms with Crippen LogP contribution >= 0.6 is 0 Å². The Morgan fingerprint density at radius 3 is 2.64 bits per heavy atom. The Balaban J connectivity index is 2.00. The van der Waals surface area contributed by atoms with E-state index in [0.29, 0.717) is 6.61 Å². The van der Waals surface area contributed by atoms with Crippen molar-refractivity contribution in [3.63, 3.8) is 0 Å². The van der Waals surface area contributed by atoms with Gasteiger partial charge in [0.15, 0.2) is 12.1 Å². The highest BCUT2D eigenvalue weighted by Gasteiger charge is 2.54. The Morgan fingerprint density at radius 2 is 2.07 bits per heavy atom. The van der Waals surface area contributed by atoms with Crippen molar-refractivity contribution in [2.75, 3.05) is 13.7 Å². The van der Waals surface area contributed by atoms with Crippen LogP contribution in [0.2, 0.25) is 0 Å². The summed E-state index contributed by atoms with van der Waals surface area (Å²) >= 11 is 0. The van der Waals surface area contributed by atoms with Crippen LogP contribution in [0.4, 0.5) is 0 Å². The first-order valence-electron chi connectivity index (χ1n) is 4.71. The summed E-state index contributed by atoms with van der Waals surface area (Å²) in [6, 6.07) is 0. The molecule has 1 N–H and O–H groups in total. The molecule has 0 saturated carbocycles. The van der Waals surface area contributed by atoms with Gasteiger partial charge in [-0.25, -0.2) is 0 Å². The first-order valence-corrected chi connectivity index (χ1v) is 4.71. The molecule has 2 fully saturated rings. The highest BCUT2D eigenvalue weighted by molar-refractivity contribution is 4.92. The van der Waals surface area contributed by atoms with Gasteiger partial charge in [-0.3, -0.25) is 0 Å². The molecule has 2 heterocycles. The molecular formula is C9H16O5. The van der Waals surface area contributed by atoms with Crippen LogP contribution in [0, 0.1) is 0 Å². The van der Waals surface area contributed by atoms with E-state index in [1.165, 1.54) is 0 Å². The van der Waals surface area contributed by atoms with Gasteiger partial charge in [-0.15, -0.1) is 0 Å². The van der Waals surface area contributed by atoms with Gasteiger partial charge in [0.2, 0.25) is 0 Å². The lowest BCUT2D eigenvalue weighted by Crippen LogP contribution is -2.36. The van der Waals surface area contributed by atoms with Crippen LogP contribution in [0.3, 0.4) is 0 Å². The first-order chi connectivity index (χ1) is 6.53. The van der Waals surface area contributed by atoms with Crippen molar-refractivity contribution < 1.29 is 24.1 Å². The number of hydrogen-bond acceptors (Lipinski definition) is 5. The monoisotopic (exact) mass is 204 g/mol. The van der Waals surface area contributed by atoms with Crippen molar-refractivity contribution in [3.8, 4) is 0 Å². The van der Waals surface area contributed by atoms with Crippen LogP contribution in [0.25, 0.3) is 0 Å². The second-order valence-corrected chi connectivity index (χ2v) is 4.09. The Labute approximate surface area is 82.9 Å². The van der Waals surface area contributed by atoms with Crippen LogP contribution in [0.1, 0.15) is 13.8 Å². The summed E-state index contributed by atoms with van der Waals surface area (Å²) in [5.74, 6) is -0.672. The molecular weight excluding hydrogens is 188 g/mol. The highest BCUT2D eigenvalue weighted by Crippen LogP contribution is 2.37. The van der Waals surface area contributed by atoms with E-state index >= 15 is 0 Å². The van der Waals surface area contributed by atoms with Crippen LogP contribution in [0.5, 0.6) is 0 Å². The molecule has 0 radical (unpaired) electrons. The molecule has 0 aromatic heterocycles. The third kappa shape index (κ3) is 1.66. The number of aliphatic hydroxyl groups is 1. The predicted molar refractivity (Wildman–Crippen MR) is 46.6 cm³/mol. The second-order valence-electron chi connectivity index (χ2n) is 4.09. The molecule has 5 heteroatoms. The second kappa shape index (κ2) is 3.43. The van der Waals surface area contributed by atoms with Crippen molar-refractivity contribution in [1.29, 1.82) is 0 Å². The van der Waals surface area contributed by atoms with Gasteiger partial charge in [-0.1, -0.05) is 0 Å². The Hall–Kier alpha value is -0.200. The van der Waals surface area contributed by atoms with Gasteiger partial charge in [0.1, 0.15) is 18.3 Å². The normalized spacial score (nSPS) is 45.4. The number of methoxy groups -OCH3 is 1. The number of hydrogen-bond donors (Lipinski definition) is 1. The summed E-state index contributed by atoms with van der Waals surface area (Å²) < 4.78 is 21.3. The topological polar surface area (TPSA) is 57.2 Å². The van der Waals surface area contributed by atoms with Crippen molar-refractivity contribution in [3.05, 3.63) is 0 Å². The van der Waals surface area contributed by atoms with E-state index in [2.05, 4.69) is 0 Å². The zero-order chi connectivity index (χ0) is 10.3. The fourth-order valence-corrected chi connectivity index (χ4v) is 1.86. The van der Waals surface area contributed by atoms with Gasteiger partial charge in [0.05, 0.1) is 6.61 Å². The minimum atomic E-state index is -0.679. The molecule has 2 aliphatic rings. The van der Waals surface area contributed by atoms with Crippen molar-refractivity contribution in [2.45, 2.75) is 44.2 Å². The summed E-state index contributed by atoms with van der Waals surface area (Å²) in [7, 11) is 1.57. The fraction of sp³-hybridized carbons (Fsp3) is 1.00. The van der Waals surface area contributed by atoms with Crippen LogP contribution < -0.4 is 0 Å². The maximum Gasteiger partial charge on any atom is 0.190 e. The quantitative estimate of drug-likeness (QED) is 0.679. The van der Waals surface area contributed by atoms with E-state index in [9.17, 15) is 5.11 Å². The molecule has 5 nitrogen and oxygen atoms in total. The zero-order valence-electron chi connectivity index (χ0n) is 8.60. The lowest BCUT2D eigenvalue weighted by molar-refractivity contribution is -0.219. The molecule has 82 valence electrons. The maximum absolute atomic E-state index is 9.81. The SMILES string of the molecule is COC[C@H]1O[C@@H]2OC(C)(C)O[C@@H]2[C@@H]1O. The van der Waals surface area contributed by atoms with E-state index in [-0.39, 0.29) is 6.10 Å². The lowest BCUT2D eigenvalue weighted by atomic mass is 10.1. The van der Waals surface area contributed by atoms with Gasteiger partial charge >= 0.3 is 0 Å². The Morgan fingerprint density at radius 1 is 1.36 bits per heavy atom. The van der Waals surface area contributed by atoms with E-state index in [1.54, 1.807) is 21.0 Å². The summed E-state index contributed by atoms with van der Waals surface area (Å²) in [5.41, 5.74) is 0. The lowest BCUT2D eigenvalue weighted by Gasteiger charge is -2.22. The molecule has 0 spiro atoms. The molecule has 0 aromatic carbocycles. The zero-order valence-corrected chi connectivity index (χ0v) is 8.60. The molecule has 14 heavy (non-hydrogen) atoms. The number of fused-ring (bicyclic) bond motifs is 1. The van der Waals surface area contributed by atoms with E-state index in [4.69, 9.17) is 18.9 Å². The van der Waals surface area contributed by atoms with E-state index in [0.717, 1.165) is 0 Å². The number of rotatable bonds is 2. The Bertz CT molecular complexity index is 217. The highest BCUT2D eigenvalue weighted by atomic mass is 16.8. The summed E-state index contributed by atoms with van der Waals surface area (Å²) in [5, 5.41) is 9.81. The van der Waals surface area contributed by atoms with Crippen LogP contribution in [0.15, 0.2) is 0 Å². The minimum Gasteiger partial charge on any atom is -0.387 e. The van der Waals surface area contributed by atoms with Crippen LogP contribution in [-0.4, -0.2) is 49.2 Å². The first kappa shape index (κ1) is 10.3. The van der Waals surface area contributed by atoms with Gasteiger partial charge in [0.25, 0.3) is 0 Å². The maximum atomic E-state index is 9.81. The third-order valence-electron chi connectivity index (χ3n) is 2.45. The molecule has 2 saturated heterocycles. The van der Waals surface area contributed by atoms with Gasteiger partial charge in [-0.2, -0.15) is 0 Å². The molecule has 0 bridgehead atoms. The fourth-order valence-electron chi connectivity index (χ4n) is 1.86. The van der Waals surface area contributed by atoms with Gasteiger partial charge < -0.3 is 24.1 Å².